The highest BCUT2D eigenvalue weighted by atomic mass is 32.2. The molecule has 1 fully saturated rings. The molecule has 1 saturated heterocycles. The smallest absolute Gasteiger partial charge is 0.343 e. The van der Waals surface area contributed by atoms with Crippen LogP contribution in [0, 0.1) is 12.7 Å². The molecule has 6 nitrogen and oxygen atoms in total. The molecular weight excluding hydrogens is 457 g/mol. The van der Waals surface area contributed by atoms with Gasteiger partial charge >= 0.3 is 5.97 Å². The van der Waals surface area contributed by atoms with Crippen molar-refractivity contribution in [3.05, 3.63) is 99.7 Å². The van der Waals surface area contributed by atoms with Crippen molar-refractivity contribution >= 4 is 35.0 Å². The van der Waals surface area contributed by atoms with Crippen molar-refractivity contribution in [2.75, 3.05) is 7.11 Å². The number of carbonyl (C=O) groups is 3. The zero-order valence-corrected chi connectivity index (χ0v) is 19.2. The Kier molecular flexibility index (Phi) is 6.79. The molecule has 0 atom stereocenters. The SMILES string of the molecule is COc1cc(/C=C2\SC(=O)N(Cc3ccccc3C)C2=O)ccc1OC(=O)c1ccc(F)cc1. The number of imide groups is 1. The summed E-state index contributed by atoms with van der Waals surface area (Å²) in [4.78, 5) is 39.2. The summed E-state index contributed by atoms with van der Waals surface area (Å²) in [5.41, 5.74) is 2.69. The predicted molar refractivity (Wildman–Crippen MR) is 127 cm³/mol. The molecule has 3 aromatic rings. The molecule has 4 rings (SSSR count). The Labute approximate surface area is 200 Å². The second-order valence-electron chi connectivity index (χ2n) is 7.50. The molecule has 2 amide bonds. The van der Waals surface area contributed by atoms with Crippen LogP contribution in [-0.2, 0) is 11.3 Å². The lowest BCUT2D eigenvalue weighted by molar-refractivity contribution is -0.123. The van der Waals surface area contributed by atoms with Gasteiger partial charge in [-0.05, 0) is 77.9 Å². The van der Waals surface area contributed by atoms with Crippen LogP contribution in [0.1, 0.15) is 27.0 Å². The van der Waals surface area contributed by atoms with Crippen molar-refractivity contribution in [3.63, 3.8) is 0 Å². The van der Waals surface area contributed by atoms with Gasteiger partial charge in [0, 0.05) is 0 Å². The minimum Gasteiger partial charge on any atom is -0.493 e. The fraction of sp³-hybridized carbons (Fsp3) is 0.115. The number of halogens is 1. The van der Waals surface area contributed by atoms with E-state index in [4.69, 9.17) is 9.47 Å². The maximum atomic E-state index is 13.1. The van der Waals surface area contributed by atoms with Crippen molar-refractivity contribution < 1.29 is 28.2 Å². The van der Waals surface area contributed by atoms with Gasteiger partial charge in [0.1, 0.15) is 5.82 Å². The highest BCUT2D eigenvalue weighted by Gasteiger charge is 2.35. The largest absolute Gasteiger partial charge is 0.493 e. The number of rotatable bonds is 6. The summed E-state index contributed by atoms with van der Waals surface area (Å²) in [6.45, 7) is 2.14. The molecule has 1 aliphatic rings. The standard InChI is InChI=1S/C26H20FNO5S/c1-16-5-3-4-6-19(16)15-28-24(29)23(34-26(28)31)14-17-7-12-21(22(13-17)32-2)33-25(30)18-8-10-20(27)11-9-18/h3-14H,15H2,1-2H3/b23-14-. The summed E-state index contributed by atoms with van der Waals surface area (Å²) in [7, 11) is 1.42. The summed E-state index contributed by atoms with van der Waals surface area (Å²) < 4.78 is 23.8. The lowest BCUT2D eigenvalue weighted by Crippen LogP contribution is -2.27. The summed E-state index contributed by atoms with van der Waals surface area (Å²) >= 11 is 0.870. The minimum atomic E-state index is -0.664. The third-order valence-corrected chi connectivity index (χ3v) is 6.14. The van der Waals surface area contributed by atoms with Crippen LogP contribution < -0.4 is 9.47 Å². The number of methoxy groups -OCH3 is 1. The van der Waals surface area contributed by atoms with Crippen LogP contribution in [0.3, 0.4) is 0 Å². The molecule has 34 heavy (non-hydrogen) atoms. The lowest BCUT2D eigenvalue weighted by Gasteiger charge is -2.14. The number of aryl methyl sites for hydroxylation is 1. The maximum absolute atomic E-state index is 13.1. The molecule has 0 spiro atoms. The van der Waals surface area contributed by atoms with E-state index in [2.05, 4.69) is 0 Å². The van der Waals surface area contributed by atoms with E-state index in [1.807, 2.05) is 31.2 Å². The Hall–Kier alpha value is -3.91. The van der Waals surface area contributed by atoms with Crippen LogP contribution in [0.5, 0.6) is 11.5 Å². The molecule has 0 radical (unpaired) electrons. The van der Waals surface area contributed by atoms with Gasteiger partial charge in [-0.25, -0.2) is 9.18 Å². The number of benzene rings is 3. The molecule has 1 heterocycles. The number of thioether (sulfide) groups is 1. The average Bonchev–Trinajstić information content (AvgIpc) is 3.09. The van der Waals surface area contributed by atoms with E-state index in [9.17, 15) is 18.8 Å². The molecule has 0 N–H and O–H groups in total. The van der Waals surface area contributed by atoms with Crippen molar-refractivity contribution in [3.8, 4) is 11.5 Å². The Morgan fingerprint density at radius 3 is 2.47 bits per heavy atom. The van der Waals surface area contributed by atoms with Crippen molar-refractivity contribution in [1.82, 2.24) is 4.90 Å². The van der Waals surface area contributed by atoms with E-state index >= 15 is 0 Å². The van der Waals surface area contributed by atoms with Crippen molar-refractivity contribution in [2.24, 2.45) is 0 Å². The quantitative estimate of drug-likeness (QED) is 0.262. The van der Waals surface area contributed by atoms with Crippen molar-refractivity contribution in [1.29, 1.82) is 0 Å². The number of nitrogens with zero attached hydrogens (tertiary/aromatic N) is 1. The van der Waals surface area contributed by atoms with Crippen LogP contribution in [0.4, 0.5) is 9.18 Å². The number of ether oxygens (including phenoxy) is 2. The Bertz CT molecular complexity index is 1300. The Balaban J connectivity index is 1.52. The fourth-order valence-corrected chi connectivity index (χ4v) is 4.19. The molecule has 0 saturated carbocycles. The molecule has 0 bridgehead atoms. The fourth-order valence-electron chi connectivity index (χ4n) is 3.35. The average molecular weight is 478 g/mol. The Morgan fingerprint density at radius 1 is 1.03 bits per heavy atom. The van der Waals surface area contributed by atoms with Gasteiger partial charge in [-0.15, -0.1) is 0 Å². The number of esters is 1. The van der Waals surface area contributed by atoms with E-state index in [1.165, 1.54) is 42.3 Å². The first-order chi connectivity index (χ1) is 16.4. The van der Waals surface area contributed by atoms with E-state index < -0.39 is 11.8 Å². The van der Waals surface area contributed by atoms with Gasteiger partial charge in [0.2, 0.25) is 0 Å². The van der Waals surface area contributed by atoms with E-state index in [1.54, 1.807) is 18.2 Å². The van der Waals surface area contributed by atoms with E-state index in [-0.39, 0.29) is 39.7 Å². The molecule has 0 unspecified atom stereocenters. The highest BCUT2D eigenvalue weighted by molar-refractivity contribution is 8.18. The monoisotopic (exact) mass is 477 g/mol. The summed E-state index contributed by atoms with van der Waals surface area (Å²) in [5, 5.41) is -0.337. The van der Waals surface area contributed by atoms with Gasteiger partial charge in [0.15, 0.2) is 11.5 Å². The topological polar surface area (TPSA) is 72.9 Å². The Morgan fingerprint density at radius 2 is 1.76 bits per heavy atom. The van der Waals surface area contributed by atoms with Gasteiger partial charge < -0.3 is 9.47 Å². The normalized spacial score (nSPS) is 14.6. The van der Waals surface area contributed by atoms with E-state index in [0.717, 1.165) is 22.9 Å². The van der Waals surface area contributed by atoms with Gasteiger partial charge in [0.25, 0.3) is 11.1 Å². The van der Waals surface area contributed by atoms with Gasteiger partial charge in [-0.1, -0.05) is 30.3 Å². The maximum Gasteiger partial charge on any atom is 0.343 e. The highest BCUT2D eigenvalue weighted by Crippen LogP contribution is 2.35. The molecule has 8 heteroatoms. The van der Waals surface area contributed by atoms with E-state index in [0.29, 0.717) is 5.56 Å². The van der Waals surface area contributed by atoms with Crippen molar-refractivity contribution in [2.45, 2.75) is 13.5 Å². The third-order valence-electron chi connectivity index (χ3n) is 5.23. The van der Waals surface area contributed by atoms with Crippen LogP contribution in [0.15, 0.2) is 71.6 Å². The van der Waals surface area contributed by atoms with Gasteiger partial charge in [-0.2, -0.15) is 0 Å². The predicted octanol–water partition coefficient (Wildman–Crippen LogP) is 5.60. The molecule has 172 valence electrons. The second-order valence-corrected chi connectivity index (χ2v) is 8.49. The number of hydrogen-bond donors (Lipinski definition) is 0. The first kappa shape index (κ1) is 23.3. The third kappa shape index (κ3) is 5.02. The number of amides is 2. The number of carbonyl (C=O) groups excluding carboxylic acids is 3. The first-order valence-electron chi connectivity index (χ1n) is 10.3. The van der Waals surface area contributed by atoms with Gasteiger partial charge in [0.05, 0.1) is 24.1 Å². The number of hydrogen-bond acceptors (Lipinski definition) is 6. The zero-order valence-electron chi connectivity index (χ0n) is 18.4. The molecule has 0 aliphatic carbocycles. The second kappa shape index (κ2) is 9.93. The molecule has 3 aromatic carbocycles. The molecule has 0 aromatic heterocycles. The molecular formula is C26H20FNO5S. The van der Waals surface area contributed by atoms with Crippen LogP contribution in [-0.4, -0.2) is 29.1 Å². The summed E-state index contributed by atoms with van der Waals surface area (Å²) in [6.07, 6.45) is 1.59. The lowest BCUT2D eigenvalue weighted by atomic mass is 10.1. The summed E-state index contributed by atoms with van der Waals surface area (Å²) in [6, 6.07) is 17.4. The van der Waals surface area contributed by atoms with Crippen LogP contribution in [0.25, 0.3) is 6.08 Å². The van der Waals surface area contributed by atoms with Gasteiger partial charge in [-0.3, -0.25) is 14.5 Å². The zero-order chi connectivity index (χ0) is 24.2. The molecule has 1 aliphatic heterocycles. The van der Waals surface area contributed by atoms with Crippen LogP contribution in [0.2, 0.25) is 0 Å². The van der Waals surface area contributed by atoms with Crippen LogP contribution >= 0.6 is 11.8 Å². The minimum absolute atomic E-state index is 0.168. The summed E-state index contributed by atoms with van der Waals surface area (Å²) in [5.74, 6) is -1.06. The first-order valence-corrected chi connectivity index (χ1v) is 11.1.